The van der Waals surface area contributed by atoms with E-state index in [1.807, 2.05) is 49.4 Å². The fourth-order valence-corrected chi connectivity index (χ4v) is 4.75. The van der Waals surface area contributed by atoms with Crippen LogP contribution >= 0.6 is 11.6 Å². The van der Waals surface area contributed by atoms with Crippen molar-refractivity contribution in [3.8, 4) is 11.5 Å². The number of carbonyl (C=O) groups excluding carboxylic acids is 1. The molecule has 1 aliphatic heterocycles. The summed E-state index contributed by atoms with van der Waals surface area (Å²) >= 11 is 6.23. The maximum atomic E-state index is 13.1. The molecule has 0 bridgehead atoms. The van der Waals surface area contributed by atoms with Gasteiger partial charge in [0.1, 0.15) is 23.9 Å². The second kappa shape index (κ2) is 9.39. The number of fused-ring (bicyclic) bond motifs is 1. The summed E-state index contributed by atoms with van der Waals surface area (Å²) in [5.74, 6) is 2.34. The number of halogens is 1. The maximum absolute atomic E-state index is 13.1. The molecule has 6 nitrogen and oxygen atoms in total. The first-order valence-corrected chi connectivity index (χ1v) is 11.7. The predicted molar refractivity (Wildman–Crippen MR) is 134 cm³/mol. The molecule has 4 aromatic rings. The van der Waals surface area contributed by atoms with Gasteiger partial charge >= 0.3 is 0 Å². The van der Waals surface area contributed by atoms with Crippen molar-refractivity contribution in [1.82, 2.24) is 9.55 Å². The number of aryl methyl sites for hydroxylation is 1. The number of para-hydroxylation sites is 2. The summed E-state index contributed by atoms with van der Waals surface area (Å²) in [6.45, 7) is 3.70. The van der Waals surface area contributed by atoms with Crippen LogP contribution in [0.25, 0.3) is 11.0 Å². The third-order valence-corrected chi connectivity index (χ3v) is 6.41. The van der Waals surface area contributed by atoms with Crippen molar-refractivity contribution in [1.29, 1.82) is 0 Å². The number of rotatable bonds is 7. The minimum atomic E-state index is -0.0532. The Morgan fingerprint density at radius 3 is 2.76 bits per heavy atom. The van der Waals surface area contributed by atoms with Crippen LogP contribution in [0.1, 0.15) is 23.7 Å². The Labute approximate surface area is 203 Å². The monoisotopic (exact) mass is 475 g/mol. The van der Waals surface area contributed by atoms with Crippen LogP contribution in [0, 0.1) is 6.92 Å². The summed E-state index contributed by atoms with van der Waals surface area (Å²) in [5, 5.41) is 0.563. The highest BCUT2D eigenvalue weighted by atomic mass is 35.5. The van der Waals surface area contributed by atoms with Crippen molar-refractivity contribution >= 4 is 34.2 Å². The third-order valence-electron chi connectivity index (χ3n) is 6.18. The summed E-state index contributed by atoms with van der Waals surface area (Å²) in [4.78, 5) is 19.7. The van der Waals surface area contributed by atoms with Crippen LogP contribution in [0.2, 0.25) is 5.02 Å². The Bertz CT molecular complexity index is 1350. The number of benzene rings is 3. The van der Waals surface area contributed by atoms with E-state index in [-0.39, 0.29) is 11.8 Å². The zero-order valence-corrected chi connectivity index (χ0v) is 20.0. The van der Waals surface area contributed by atoms with Gasteiger partial charge in [-0.3, -0.25) is 4.79 Å². The van der Waals surface area contributed by atoms with Crippen molar-refractivity contribution < 1.29 is 14.3 Å². The Kier molecular flexibility index (Phi) is 6.16. The number of amides is 1. The molecule has 2 heterocycles. The molecule has 1 amide bonds. The Balaban J connectivity index is 1.42. The van der Waals surface area contributed by atoms with Crippen molar-refractivity contribution in [3.63, 3.8) is 0 Å². The van der Waals surface area contributed by atoms with Crippen molar-refractivity contribution in [3.05, 3.63) is 83.1 Å². The SMILES string of the molecule is COc1ccc(Cl)cc1N1C[C@H](c2nc3ccccc3n2CCOc2cccc(C)c2)CC1=O. The van der Waals surface area contributed by atoms with Crippen LogP contribution in [0.15, 0.2) is 66.7 Å². The number of ether oxygens (including phenoxy) is 2. The number of methoxy groups -OCH3 is 1. The first-order valence-electron chi connectivity index (χ1n) is 11.3. The van der Waals surface area contributed by atoms with E-state index in [1.165, 1.54) is 0 Å². The van der Waals surface area contributed by atoms with Gasteiger partial charge in [-0.2, -0.15) is 0 Å². The zero-order valence-electron chi connectivity index (χ0n) is 19.2. The number of carbonyl (C=O) groups is 1. The smallest absolute Gasteiger partial charge is 0.227 e. The lowest BCUT2D eigenvalue weighted by Gasteiger charge is -2.20. The summed E-state index contributed by atoms with van der Waals surface area (Å²) in [6.07, 6.45) is 0.373. The Morgan fingerprint density at radius 2 is 1.94 bits per heavy atom. The molecule has 1 aliphatic rings. The van der Waals surface area contributed by atoms with Gasteiger partial charge in [-0.1, -0.05) is 35.9 Å². The van der Waals surface area contributed by atoms with Crippen LogP contribution < -0.4 is 14.4 Å². The van der Waals surface area contributed by atoms with Gasteiger partial charge in [-0.05, 0) is 55.0 Å². The molecule has 3 aromatic carbocycles. The number of hydrogen-bond donors (Lipinski definition) is 0. The molecule has 0 unspecified atom stereocenters. The summed E-state index contributed by atoms with van der Waals surface area (Å²) < 4.78 is 13.7. The molecule has 34 heavy (non-hydrogen) atoms. The van der Waals surface area contributed by atoms with E-state index in [0.29, 0.717) is 42.6 Å². The van der Waals surface area contributed by atoms with Gasteiger partial charge in [-0.25, -0.2) is 4.98 Å². The van der Waals surface area contributed by atoms with Gasteiger partial charge in [0, 0.05) is 23.9 Å². The van der Waals surface area contributed by atoms with Gasteiger partial charge < -0.3 is 18.9 Å². The number of hydrogen-bond acceptors (Lipinski definition) is 4. The lowest BCUT2D eigenvalue weighted by molar-refractivity contribution is -0.117. The second-order valence-corrected chi connectivity index (χ2v) is 8.93. The molecule has 0 N–H and O–H groups in total. The molecule has 0 aliphatic carbocycles. The van der Waals surface area contributed by atoms with Crippen molar-refractivity contribution in [2.75, 3.05) is 25.2 Å². The number of imidazole rings is 1. The lowest BCUT2D eigenvalue weighted by atomic mass is 10.1. The topological polar surface area (TPSA) is 56.6 Å². The average Bonchev–Trinajstić information content (AvgIpc) is 3.39. The number of nitrogens with zero attached hydrogens (tertiary/aromatic N) is 3. The third kappa shape index (κ3) is 4.33. The van der Waals surface area contributed by atoms with E-state index in [4.69, 9.17) is 26.1 Å². The quantitative estimate of drug-likeness (QED) is 0.349. The van der Waals surface area contributed by atoms with Crippen LogP contribution in [-0.4, -0.2) is 35.7 Å². The maximum Gasteiger partial charge on any atom is 0.227 e. The molecule has 1 atom stereocenters. The highest BCUT2D eigenvalue weighted by molar-refractivity contribution is 6.31. The first kappa shape index (κ1) is 22.3. The van der Waals surface area contributed by atoms with E-state index >= 15 is 0 Å². The Morgan fingerprint density at radius 1 is 1.09 bits per heavy atom. The fraction of sp³-hybridized carbons (Fsp3) is 0.259. The normalized spacial score (nSPS) is 15.8. The summed E-state index contributed by atoms with van der Waals surface area (Å²) in [6, 6.07) is 21.4. The standard InChI is InChI=1S/C27H26ClN3O3/c1-18-6-5-7-21(14-18)34-13-12-30-23-9-4-3-8-22(23)29-27(30)19-15-26(32)31(17-19)24-16-20(28)10-11-25(24)33-2/h3-11,14,16,19H,12-13,15,17H2,1-2H3/t19-/m1/s1. The molecule has 1 fully saturated rings. The second-order valence-electron chi connectivity index (χ2n) is 8.50. The van der Waals surface area contributed by atoms with Crippen molar-refractivity contribution in [2.24, 2.45) is 0 Å². The summed E-state index contributed by atoms with van der Waals surface area (Å²) in [7, 11) is 1.60. The van der Waals surface area contributed by atoms with E-state index < -0.39 is 0 Å². The van der Waals surface area contributed by atoms with E-state index in [0.717, 1.165) is 28.2 Å². The minimum absolute atomic E-state index is 0.0279. The highest BCUT2D eigenvalue weighted by Crippen LogP contribution is 2.38. The lowest BCUT2D eigenvalue weighted by Crippen LogP contribution is -2.25. The van der Waals surface area contributed by atoms with Gasteiger partial charge in [0.25, 0.3) is 0 Å². The van der Waals surface area contributed by atoms with Crippen LogP contribution in [-0.2, 0) is 11.3 Å². The predicted octanol–water partition coefficient (Wildman–Crippen LogP) is 5.61. The molecule has 5 rings (SSSR count). The molecule has 1 saturated heterocycles. The number of anilines is 1. The van der Waals surface area contributed by atoms with Crippen LogP contribution in [0.5, 0.6) is 11.5 Å². The molecule has 0 saturated carbocycles. The van der Waals surface area contributed by atoms with Gasteiger partial charge in [0.15, 0.2) is 0 Å². The van der Waals surface area contributed by atoms with Crippen LogP contribution in [0.4, 0.5) is 5.69 Å². The van der Waals surface area contributed by atoms with Gasteiger partial charge in [-0.15, -0.1) is 0 Å². The Hall–Kier alpha value is -3.51. The van der Waals surface area contributed by atoms with E-state index in [2.05, 4.69) is 10.6 Å². The molecular formula is C27H26ClN3O3. The van der Waals surface area contributed by atoms with Gasteiger partial charge in [0.05, 0.1) is 30.4 Å². The molecule has 0 spiro atoms. The largest absolute Gasteiger partial charge is 0.495 e. The van der Waals surface area contributed by atoms with E-state index in [9.17, 15) is 4.79 Å². The molecule has 0 radical (unpaired) electrons. The molecule has 1 aromatic heterocycles. The molecule has 7 heteroatoms. The molecular weight excluding hydrogens is 450 g/mol. The molecule has 174 valence electrons. The minimum Gasteiger partial charge on any atom is -0.495 e. The fourth-order valence-electron chi connectivity index (χ4n) is 4.59. The van der Waals surface area contributed by atoms with E-state index in [1.54, 1.807) is 30.2 Å². The van der Waals surface area contributed by atoms with Crippen molar-refractivity contribution in [2.45, 2.75) is 25.8 Å². The summed E-state index contributed by atoms with van der Waals surface area (Å²) in [5.41, 5.74) is 3.80. The average molecular weight is 476 g/mol. The first-order chi connectivity index (χ1) is 16.5. The zero-order chi connectivity index (χ0) is 23.7. The number of aromatic nitrogens is 2. The van der Waals surface area contributed by atoms with Crippen LogP contribution in [0.3, 0.4) is 0 Å². The van der Waals surface area contributed by atoms with Gasteiger partial charge in [0.2, 0.25) is 5.91 Å². The highest BCUT2D eigenvalue weighted by Gasteiger charge is 2.36.